The highest BCUT2D eigenvalue weighted by Gasteiger charge is 2.03. The van der Waals surface area contributed by atoms with Crippen LogP contribution in [0.5, 0.6) is 5.75 Å². The van der Waals surface area contributed by atoms with E-state index in [1.807, 2.05) is 53.4 Å². The molecule has 0 aliphatic rings. The van der Waals surface area contributed by atoms with Crippen molar-refractivity contribution in [1.29, 1.82) is 0 Å². The zero-order chi connectivity index (χ0) is 13.8. The maximum Gasteiger partial charge on any atom is 0.139 e. The minimum absolute atomic E-state index is 0.838. The summed E-state index contributed by atoms with van der Waals surface area (Å²) < 4.78 is 8.88. The van der Waals surface area contributed by atoms with Crippen LogP contribution in [0.25, 0.3) is 6.08 Å². The molecule has 0 saturated carbocycles. The van der Waals surface area contributed by atoms with Crippen LogP contribution < -0.4 is 4.74 Å². The predicted octanol–water partition coefficient (Wildman–Crippen LogP) is 2.41. The largest absolute Gasteiger partial charge is 0.497 e. The number of hydrogen-bond acceptors (Lipinski definition) is 3. The summed E-state index contributed by atoms with van der Waals surface area (Å²) in [5.41, 5.74) is 1.06. The Balaban J connectivity index is 2.02. The van der Waals surface area contributed by atoms with E-state index in [4.69, 9.17) is 4.74 Å². The van der Waals surface area contributed by atoms with Crippen molar-refractivity contribution >= 4 is 6.08 Å². The first kappa shape index (κ1) is 12.2. The Morgan fingerprint density at radius 2 is 2.00 bits per heavy atom. The molecule has 0 spiro atoms. The molecular weight excluding hydrogens is 252 g/mol. The monoisotopic (exact) mass is 266 g/mol. The first-order valence-electron chi connectivity index (χ1n) is 6.21. The summed E-state index contributed by atoms with van der Waals surface area (Å²) in [6.07, 6.45) is 11.1. The molecule has 0 aliphatic heterocycles. The summed E-state index contributed by atoms with van der Waals surface area (Å²) in [5, 5.41) is 4.28. The zero-order valence-corrected chi connectivity index (χ0v) is 11.0. The average Bonchev–Trinajstić information content (AvgIpc) is 3.19. The minimum atomic E-state index is 0.838. The second-order valence-electron chi connectivity index (χ2n) is 4.20. The van der Waals surface area contributed by atoms with Gasteiger partial charge in [0.1, 0.15) is 17.9 Å². The Bertz CT molecular complexity index is 646. The molecule has 2 heterocycles. The van der Waals surface area contributed by atoms with Crippen LogP contribution in [-0.4, -0.2) is 26.4 Å². The predicted molar refractivity (Wildman–Crippen MR) is 76.0 cm³/mol. The molecule has 2 aromatic heterocycles. The van der Waals surface area contributed by atoms with Crippen molar-refractivity contribution in [3.8, 4) is 5.75 Å². The molecule has 5 heteroatoms. The van der Waals surface area contributed by atoms with Gasteiger partial charge in [0.15, 0.2) is 0 Å². The summed E-state index contributed by atoms with van der Waals surface area (Å²) in [4.78, 5) is 4.08. The van der Waals surface area contributed by atoms with Crippen molar-refractivity contribution in [2.24, 2.45) is 0 Å². The van der Waals surface area contributed by atoms with Crippen molar-refractivity contribution in [2.75, 3.05) is 7.11 Å². The Kier molecular flexibility index (Phi) is 3.33. The number of nitrogens with zero attached hydrogens (tertiary/aromatic N) is 4. The summed E-state index contributed by atoms with van der Waals surface area (Å²) in [5.74, 6) is 1.74. The van der Waals surface area contributed by atoms with Gasteiger partial charge in [-0.1, -0.05) is 12.1 Å². The van der Waals surface area contributed by atoms with Gasteiger partial charge in [-0.15, -0.1) is 0 Å². The molecule has 0 saturated heterocycles. The Morgan fingerprint density at radius 3 is 2.60 bits per heavy atom. The second kappa shape index (κ2) is 5.44. The summed E-state index contributed by atoms with van der Waals surface area (Å²) in [6.45, 7) is 0. The van der Waals surface area contributed by atoms with Crippen LogP contribution in [0.2, 0.25) is 0 Å². The normalized spacial score (nSPS) is 11.6. The molecule has 5 nitrogen and oxygen atoms in total. The van der Waals surface area contributed by atoms with E-state index in [1.54, 1.807) is 30.5 Å². The topological polar surface area (TPSA) is 44.9 Å². The highest BCUT2D eigenvalue weighted by Crippen LogP contribution is 2.14. The lowest BCUT2D eigenvalue weighted by atomic mass is 10.2. The third kappa shape index (κ3) is 2.47. The Labute approximate surface area is 116 Å². The number of benzene rings is 1. The van der Waals surface area contributed by atoms with Crippen LogP contribution >= 0.6 is 0 Å². The molecule has 0 bridgehead atoms. The van der Waals surface area contributed by atoms with Gasteiger partial charge in [0.25, 0.3) is 0 Å². The maximum atomic E-state index is 5.17. The van der Waals surface area contributed by atoms with Crippen molar-refractivity contribution in [2.45, 2.75) is 0 Å². The lowest BCUT2D eigenvalue weighted by Crippen LogP contribution is -2.10. The molecule has 0 radical (unpaired) electrons. The van der Waals surface area contributed by atoms with E-state index >= 15 is 0 Å². The van der Waals surface area contributed by atoms with E-state index in [0.717, 1.165) is 17.1 Å². The standard InChI is InChI=1S/C15H14N4O/c1-20-14-5-3-13(4-6-14)11-15(18-10-8-16-12-18)19-9-2-7-17-19/h2-12H,1H3/b15-11-. The van der Waals surface area contributed by atoms with E-state index in [1.165, 1.54) is 0 Å². The van der Waals surface area contributed by atoms with Gasteiger partial charge in [-0.25, -0.2) is 9.67 Å². The number of methoxy groups -OCH3 is 1. The van der Waals surface area contributed by atoms with Gasteiger partial charge in [0, 0.05) is 24.8 Å². The van der Waals surface area contributed by atoms with Crippen LogP contribution in [0.15, 0.2) is 61.4 Å². The SMILES string of the molecule is COc1ccc(/C=C(/n2ccnc2)n2cccn2)cc1. The van der Waals surface area contributed by atoms with Crippen LogP contribution in [0.3, 0.4) is 0 Å². The lowest BCUT2D eigenvalue weighted by molar-refractivity contribution is 0.415. The second-order valence-corrected chi connectivity index (χ2v) is 4.20. The molecule has 100 valence electrons. The number of hydrogen-bond donors (Lipinski definition) is 0. The molecular formula is C15H14N4O. The van der Waals surface area contributed by atoms with Gasteiger partial charge in [0.05, 0.1) is 7.11 Å². The van der Waals surface area contributed by atoms with E-state index in [0.29, 0.717) is 0 Å². The average molecular weight is 266 g/mol. The summed E-state index contributed by atoms with van der Waals surface area (Å²) in [6, 6.07) is 9.75. The lowest BCUT2D eigenvalue weighted by Gasteiger charge is -2.09. The molecule has 1 aromatic carbocycles. The number of ether oxygens (including phenoxy) is 1. The van der Waals surface area contributed by atoms with Gasteiger partial charge in [-0.05, 0) is 29.8 Å². The van der Waals surface area contributed by atoms with Crippen LogP contribution in [-0.2, 0) is 0 Å². The van der Waals surface area contributed by atoms with E-state index in [9.17, 15) is 0 Å². The van der Waals surface area contributed by atoms with E-state index in [2.05, 4.69) is 10.1 Å². The summed E-state index contributed by atoms with van der Waals surface area (Å²) in [7, 11) is 1.66. The maximum absolute atomic E-state index is 5.17. The van der Waals surface area contributed by atoms with Gasteiger partial charge in [0.2, 0.25) is 0 Å². The molecule has 20 heavy (non-hydrogen) atoms. The Morgan fingerprint density at radius 1 is 1.15 bits per heavy atom. The van der Waals surface area contributed by atoms with Crippen molar-refractivity contribution in [3.05, 3.63) is 72.8 Å². The molecule has 0 aliphatic carbocycles. The van der Waals surface area contributed by atoms with Crippen molar-refractivity contribution in [3.63, 3.8) is 0 Å². The Hall–Kier alpha value is -2.82. The van der Waals surface area contributed by atoms with Gasteiger partial charge in [-0.2, -0.15) is 5.10 Å². The van der Waals surface area contributed by atoms with Gasteiger partial charge >= 0.3 is 0 Å². The number of aromatic nitrogens is 4. The summed E-state index contributed by atoms with van der Waals surface area (Å²) >= 11 is 0. The quantitative estimate of drug-likeness (QED) is 0.728. The molecule has 0 N–H and O–H groups in total. The smallest absolute Gasteiger partial charge is 0.139 e. The minimum Gasteiger partial charge on any atom is -0.497 e. The highest BCUT2D eigenvalue weighted by atomic mass is 16.5. The zero-order valence-electron chi connectivity index (χ0n) is 11.0. The molecule has 0 fully saturated rings. The molecule has 3 aromatic rings. The van der Waals surface area contributed by atoms with Gasteiger partial charge < -0.3 is 4.74 Å². The van der Waals surface area contributed by atoms with Crippen LogP contribution in [0.4, 0.5) is 0 Å². The first-order valence-corrected chi connectivity index (χ1v) is 6.21. The van der Waals surface area contributed by atoms with Crippen LogP contribution in [0, 0.1) is 5.82 Å². The van der Waals surface area contributed by atoms with Crippen LogP contribution in [0.1, 0.15) is 5.56 Å². The number of imidazole rings is 1. The van der Waals surface area contributed by atoms with E-state index < -0.39 is 0 Å². The molecule has 3 rings (SSSR count). The first-order chi connectivity index (χ1) is 9.86. The molecule has 0 atom stereocenters. The molecule has 0 amide bonds. The third-order valence-corrected chi connectivity index (χ3v) is 2.92. The number of rotatable bonds is 4. The fourth-order valence-electron chi connectivity index (χ4n) is 1.91. The third-order valence-electron chi connectivity index (χ3n) is 2.92. The fraction of sp³-hybridized carbons (Fsp3) is 0.0667. The van der Waals surface area contributed by atoms with Gasteiger partial charge in [-0.3, -0.25) is 4.57 Å². The fourth-order valence-corrected chi connectivity index (χ4v) is 1.91. The van der Waals surface area contributed by atoms with Crippen molar-refractivity contribution < 1.29 is 4.74 Å². The molecule has 0 unspecified atom stereocenters. The highest BCUT2D eigenvalue weighted by molar-refractivity contribution is 5.51. The van der Waals surface area contributed by atoms with Crippen molar-refractivity contribution in [1.82, 2.24) is 19.3 Å². The van der Waals surface area contributed by atoms with E-state index in [-0.39, 0.29) is 0 Å².